The van der Waals surface area contributed by atoms with E-state index < -0.39 is 4.92 Å². The molecule has 98 valence electrons. The quantitative estimate of drug-likeness (QED) is 0.686. The van der Waals surface area contributed by atoms with Gasteiger partial charge in [0, 0.05) is 12.6 Å². The van der Waals surface area contributed by atoms with E-state index in [0.29, 0.717) is 11.4 Å². The minimum Gasteiger partial charge on any atom is -0.431 e. The molecule has 0 spiro atoms. The summed E-state index contributed by atoms with van der Waals surface area (Å²) in [6.07, 6.45) is 1.14. The number of carbonyl (C=O) groups excluding carboxylic acids is 1. The summed E-state index contributed by atoms with van der Waals surface area (Å²) in [5.74, 6) is 0.322. The second-order valence-electron chi connectivity index (χ2n) is 3.53. The predicted octanol–water partition coefficient (Wildman–Crippen LogP) is 2.80. The van der Waals surface area contributed by atoms with Gasteiger partial charge < -0.3 is 10.1 Å². The number of nitrogens with one attached hydrogen (secondary N) is 1. The molecule has 0 aliphatic rings. The van der Waals surface area contributed by atoms with Crippen LogP contribution in [0.15, 0.2) is 30.5 Å². The summed E-state index contributed by atoms with van der Waals surface area (Å²) in [5, 5.41) is 13.2. The molecule has 0 unspecified atom stereocenters. The topological polar surface area (TPSA) is 94.4 Å². The van der Waals surface area contributed by atoms with E-state index in [2.05, 4.69) is 10.3 Å². The summed E-state index contributed by atoms with van der Waals surface area (Å²) in [7, 11) is 0. The molecule has 2 aromatic rings. The summed E-state index contributed by atoms with van der Waals surface area (Å²) in [5.41, 5.74) is 0.643. The van der Waals surface area contributed by atoms with Gasteiger partial charge in [0.2, 0.25) is 5.91 Å². The smallest absolute Gasteiger partial charge is 0.347 e. The highest BCUT2D eigenvalue weighted by Crippen LogP contribution is 2.31. The Kier molecular flexibility index (Phi) is 3.71. The molecule has 2 rings (SSSR count). The maximum atomic E-state index is 10.8. The van der Waals surface area contributed by atoms with Crippen LogP contribution in [0, 0.1) is 10.1 Å². The number of rotatable bonds is 4. The fourth-order valence-corrected chi connectivity index (χ4v) is 1.89. The van der Waals surface area contributed by atoms with Crippen molar-refractivity contribution in [3.8, 4) is 10.9 Å². The first kappa shape index (κ1) is 13.0. The lowest BCUT2D eigenvalue weighted by Gasteiger charge is -2.04. The first-order valence-electron chi connectivity index (χ1n) is 5.20. The Morgan fingerprint density at radius 2 is 2.11 bits per heavy atom. The number of nitrogens with zero attached hydrogens (tertiary/aromatic N) is 2. The molecule has 0 saturated carbocycles. The Bertz CT molecular complexity index is 609. The molecule has 19 heavy (non-hydrogen) atoms. The Morgan fingerprint density at radius 3 is 2.63 bits per heavy atom. The molecule has 0 bridgehead atoms. The van der Waals surface area contributed by atoms with Crippen molar-refractivity contribution in [2.45, 2.75) is 6.92 Å². The molecule has 0 fully saturated rings. The monoisotopic (exact) mass is 279 g/mol. The Morgan fingerprint density at radius 1 is 1.42 bits per heavy atom. The number of nitro groups is 1. The fourth-order valence-electron chi connectivity index (χ4n) is 1.29. The number of benzene rings is 1. The van der Waals surface area contributed by atoms with Crippen LogP contribution in [0.25, 0.3) is 0 Å². The highest BCUT2D eigenvalue weighted by molar-refractivity contribution is 7.16. The maximum Gasteiger partial charge on any atom is 0.347 e. The average Bonchev–Trinajstić information content (AvgIpc) is 2.80. The van der Waals surface area contributed by atoms with Crippen molar-refractivity contribution in [1.29, 1.82) is 0 Å². The molecule has 1 heterocycles. The summed E-state index contributed by atoms with van der Waals surface area (Å²) in [6.45, 7) is 1.42. The van der Waals surface area contributed by atoms with Gasteiger partial charge in [-0.2, -0.15) is 0 Å². The van der Waals surface area contributed by atoms with Crippen LogP contribution >= 0.6 is 11.3 Å². The third kappa shape index (κ3) is 3.49. The Hall–Kier alpha value is -2.48. The zero-order valence-corrected chi connectivity index (χ0v) is 10.6. The number of aromatic nitrogens is 1. The first-order chi connectivity index (χ1) is 9.04. The van der Waals surface area contributed by atoms with E-state index in [4.69, 9.17) is 4.74 Å². The van der Waals surface area contributed by atoms with Crippen LogP contribution in [0.2, 0.25) is 0 Å². The molecule has 8 heteroatoms. The predicted molar refractivity (Wildman–Crippen MR) is 69.6 cm³/mol. The van der Waals surface area contributed by atoms with Crippen LogP contribution in [0.5, 0.6) is 10.9 Å². The van der Waals surface area contributed by atoms with Crippen molar-refractivity contribution in [1.82, 2.24) is 4.98 Å². The van der Waals surface area contributed by atoms with Gasteiger partial charge in [-0.25, -0.2) is 4.98 Å². The number of ether oxygens (including phenoxy) is 1. The average molecular weight is 279 g/mol. The van der Waals surface area contributed by atoms with Crippen molar-refractivity contribution in [2.24, 2.45) is 0 Å². The molecule has 1 aromatic carbocycles. The molecular weight excluding hydrogens is 270 g/mol. The summed E-state index contributed by atoms with van der Waals surface area (Å²) in [6, 6.07) is 6.61. The van der Waals surface area contributed by atoms with E-state index in [-0.39, 0.29) is 16.1 Å². The van der Waals surface area contributed by atoms with Crippen molar-refractivity contribution >= 4 is 27.9 Å². The van der Waals surface area contributed by atoms with Gasteiger partial charge >= 0.3 is 5.00 Å². The molecule has 1 N–H and O–H groups in total. The van der Waals surface area contributed by atoms with E-state index in [1.165, 1.54) is 6.92 Å². The highest BCUT2D eigenvalue weighted by atomic mass is 32.1. The van der Waals surface area contributed by atoms with Gasteiger partial charge in [-0.1, -0.05) is 0 Å². The van der Waals surface area contributed by atoms with Gasteiger partial charge in [0.25, 0.3) is 5.19 Å². The molecule has 0 radical (unpaired) electrons. The van der Waals surface area contributed by atoms with E-state index >= 15 is 0 Å². The van der Waals surface area contributed by atoms with Crippen LogP contribution in [-0.4, -0.2) is 15.8 Å². The fraction of sp³-hybridized carbons (Fsp3) is 0.0909. The van der Waals surface area contributed by atoms with Crippen LogP contribution < -0.4 is 10.1 Å². The molecule has 0 atom stereocenters. The molecule has 0 aliphatic heterocycles. The Balaban J connectivity index is 2.06. The normalized spacial score (nSPS) is 9.95. The summed E-state index contributed by atoms with van der Waals surface area (Å²) >= 11 is 0.849. The summed E-state index contributed by atoms with van der Waals surface area (Å²) in [4.78, 5) is 24.6. The third-order valence-corrected chi connectivity index (χ3v) is 2.86. The van der Waals surface area contributed by atoms with E-state index in [0.717, 1.165) is 17.5 Å². The van der Waals surface area contributed by atoms with Crippen molar-refractivity contribution < 1.29 is 14.5 Å². The zero-order valence-electron chi connectivity index (χ0n) is 9.82. The second-order valence-corrected chi connectivity index (χ2v) is 4.50. The number of anilines is 1. The third-order valence-electron chi connectivity index (χ3n) is 2.03. The SMILES string of the molecule is CC(=O)Nc1ccc(Oc2ncc([N+](=O)[O-])s2)cc1. The number of thiazole rings is 1. The molecule has 0 saturated heterocycles. The van der Waals surface area contributed by atoms with Crippen LogP contribution in [0.4, 0.5) is 10.7 Å². The number of hydrogen-bond acceptors (Lipinski definition) is 6. The second kappa shape index (κ2) is 5.44. The number of amides is 1. The van der Waals surface area contributed by atoms with Gasteiger partial charge in [-0.15, -0.1) is 0 Å². The lowest BCUT2D eigenvalue weighted by Crippen LogP contribution is -2.05. The van der Waals surface area contributed by atoms with Crippen molar-refractivity contribution in [2.75, 3.05) is 5.32 Å². The van der Waals surface area contributed by atoms with Crippen molar-refractivity contribution in [3.63, 3.8) is 0 Å². The molecule has 1 aromatic heterocycles. The molecular formula is C11H9N3O4S. The van der Waals surface area contributed by atoms with Crippen LogP contribution in [-0.2, 0) is 4.79 Å². The van der Waals surface area contributed by atoms with E-state index in [1.54, 1.807) is 24.3 Å². The van der Waals surface area contributed by atoms with Gasteiger partial charge in [-0.3, -0.25) is 14.9 Å². The molecule has 0 aliphatic carbocycles. The van der Waals surface area contributed by atoms with E-state index in [9.17, 15) is 14.9 Å². The largest absolute Gasteiger partial charge is 0.431 e. The lowest BCUT2D eigenvalue weighted by atomic mass is 10.3. The van der Waals surface area contributed by atoms with Crippen LogP contribution in [0.1, 0.15) is 6.92 Å². The number of carbonyl (C=O) groups is 1. The minimum absolute atomic E-state index is 0.0788. The lowest BCUT2D eigenvalue weighted by molar-refractivity contribution is -0.380. The Labute approximate surface area is 112 Å². The molecule has 1 amide bonds. The van der Waals surface area contributed by atoms with Crippen LogP contribution in [0.3, 0.4) is 0 Å². The van der Waals surface area contributed by atoms with Gasteiger partial charge in [0.15, 0.2) is 0 Å². The maximum absolute atomic E-state index is 10.8. The van der Waals surface area contributed by atoms with Crippen molar-refractivity contribution in [3.05, 3.63) is 40.6 Å². The van der Waals surface area contributed by atoms with Gasteiger partial charge in [0.05, 0.1) is 4.92 Å². The highest BCUT2D eigenvalue weighted by Gasteiger charge is 2.12. The zero-order chi connectivity index (χ0) is 13.8. The van der Waals surface area contributed by atoms with Gasteiger partial charge in [-0.05, 0) is 35.6 Å². The van der Waals surface area contributed by atoms with Gasteiger partial charge in [0.1, 0.15) is 11.9 Å². The molecule has 7 nitrogen and oxygen atoms in total. The summed E-state index contributed by atoms with van der Waals surface area (Å²) < 4.78 is 5.36. The standard InChI is InChI=1S/C11H9N3O4S/c1-7(15)13-8-2-4-9(5-3-8)18-11-12-6-10(19-11)14(16)17/h2-6H,1H3,(H,13,15). The van der Waals surface area contributed by atoms with E-state index in [1.807, 2.05) is 0 Å². The first-order valence-corrected chi connectivity index (χ1v) is 6.02. The number of hydrogen-bond donors (Lipinski definition) is 1. The minimum atomic E-state index is -0.523.